The molecule has 0 aliphatic carbocycles. The first kappa shape index (κ1) is 17.3. The Bertz CT molecular complexity index is 937. The van der Waals surface area contributed by atoms with Gasteiger partial charge in [0, 0.05) is 33.1 Å². The van der Waals surface area contributed by atoms with Gasteiger partial charge in [-0.1, -0.05) is 12.1 Å². The van der Waals surface area contributed by atoms with Gasteiger partial charge in [-0.15, -0.1) is 10.2 Å². The van der Waals surface area contributed by atoms with Gasteiger partial charge in [0.15, 0.2) is 5.82 Å². The summed E-state index contributed by atoms with van der Waals surface area (Å²) in [7, 11) is 3.82. The highest BCUT2D eigenvalue weighted by atomic mass is 16.5. The Hall–Kier alpha value is -3.16. The molecule has 0 bridgehead atoms. The lowest BCUT2D eigenvalue weighted by atomic mass is 10.3. The third-order valence-corrected chi connectivity index (χ3v) is 4.70. The fourth-order valence-corrected chi connectivity index (χ4v) is 3.22. The number of imidazole rings is 1. The van der Waals surface area contributed by atoms with Crippen molar-refractivity contribution in [1.82, 2.24) is 24.6 Å². The summed E-state index contributed by atoms with van der Waals surface area (Å²) in [6.45, 7) is 1.52. The third kappa shape index (κ3) is 3.69. The predicted octanol–water partition coefficient (Wildman–Crippen LogP) is 1.57. The van der Waals surface area contributed by atoms with Gasteiger partial charge >= 0.3 is 0 Å². The molecule has 2 aromatic heterocycles. The Morgan fingerprint density at radius 2 is 2.07 bits per heavy atom. The van der Waals surface area contributed by atoms with E-state index in [-0.39, 0.29) is 18.6 Å². The second kappa shape index (κ2) is 7.22. The summed E-state index contributed by atoms with van der Waals surface area (Å²) >= 11 is 0. The van der Waals surface area contributed by atoms with Crippen LogP contribution in [0.5, 0.6) is 5.88 Å². The number of anilines is 1. The van der Waals surface area contributed by atoms with Crippen LogP contribution in [0.3, 0.4) is 0 Å². The maximum Gasteiger partial charge on any atom is 0.242 e. The summed E-state index contributed by atoms with van der Waals surface area (Å²) < 4.78 is 7.78. The number of carbonyl (C=O) groups is 1. The van der Waals surface area contributed by atoms with Crippen molar-refractivity contribution in [2.45, 2.75) is 19.1 Å². The minimum absolute atomic E-state index is 0.0620. The molecule has 0 radical (unpaired) electrons. The van der Waals surface area contributed by atoms with Crippen LogP contribution in [0, 0.1) is 0 Å². The van der Waals surface area contributed by atoms with E-state index in [1.54, 1.807) is 6.33 Å². The van der Waals surface area contributed by atoms with Crippen LogP contribution in [0.2, 0.25) is 0 Å². The quantitative estimate of drug-likeness (QED) is 0.682. The van der Waals surface area contributed by atoms with Crippen LogP contribution in [0.25, 0.3) is 11.0 Å². The van der Waals surface area contributed by atoms with Gasteiger partial charge in [-0.25, -0.2) is 4.98 Å². The Kier molecular flexibility index (Phi) is 4.62. The predicted molar refractivity (Wildman–Crippen MR) is 102 cm³/mol. The van der Waals surface area contributed by atoms with E-state index in [1.165, 1.54) is 0 Å². The number of para-hydroxylation sites is 2. The topological polar surface area (TPSA) is 76.4 Å². The molecule has 1 aromatic carbocycles. The normalized spacial score (nSPS) is 16.7. The van der Waals surface area contributed by atoms with E-state index >= 15 is 0 Å². The number of fused-ring (bicyclic) bond motifs is 1. The second-order valence-corrected chi connectivity index (χ2v) is 6.85. The highest BCUT2D eigenvalue weighted by Gasteiger charge is 2.28. The van der Waals surface area contributed by atoms with E-state index in [4.69, 9.17) is 4.74 Å². The summed E-state index contributed by atoms with van der Waals surface area (Å²) in [6, 6.07) is 11.5. The number of likely N-dealkylation sites (tertiary alicyclic amines) is 1. The smallest absolute Gasteiger partial charge is 0.242 e. The Balaban J connectivity index is 1.35. The molecule has 1 unspecified atom stereocenters. The Morgan fingerprint density at radius 3 is 2.85 bits per heavy atom. The van der Waals surface area contributed by atoms with E-state index in [9.17, 15) is 4.79 Å². The molecule has 0 saturated carbocycles. The second-order valence-electron chi connectivity index (χ2n) is 6.85. The largest absolute Gasteiger partial charge is 0.471 e. The van der Waals surface area contributed by atoms with Gasteiger partial charge in [0.2, 0.25) is 11.8 Å². The fraction of sp³-hybridized carbons (Fsp3) is 0.368. The highest BCUT2D eigenvalue weighted by Crippen LogP contribution is 2.19. The van der Waals surface area contributed by atoms with Crippen molar-refractivity contribution in [3.05, 3.63) is 42.7 Å². The van der Waals surface area contributed by atoms with E-state index < -0.39 is 0 Å². The number of aromatic nitrogens is 4. The molecule has 8 nitrogen and oxygen atoms in total. The van der Waals surface area contributed by atoms with Gasteiger partial charge in [-0.2, -0.15) is 0 Å². The van der Waals surface area contributed by atoms with Gasteiger partial charge in [-0.3, -0.25) is 4.79 Å². The summed E-state index contributed by atoms with van der Waals surface area (Å²) in [4.78, 5) is 20.7. The van der Waals surface area contributed by atoms with E-state index in [0.717, 1.165) is 23.3 Å². The van der Waals surface area contributed by atoms with Gasteiger partial charge in [0.05, 0.1) is 23.9 Å². The van der Waals surface area contributed by atoms with Gasteiger partial charge < -0.3 is 19.1 Å². The summed E-state index contributed by atoms with van der Waals surface area (Å²) in [5.74, 6) is 1.33. The van der Waals surface area contributed by atoms with Crippen molar-refractivity contribution in [3.63, 3.8) is 0 Å². The lowest BCUT2D eigenvalue weighted by Gasteiger charge is -2.17. The molecule has 1 aliphatic rings. The molecule has 0 N–H and O–H groups in total. The average Bonchev–Trinajstić information content (AvgIpc) is 3.30. The number of nitrogens with zero attached hydrogens (tertiary/aromatic N) is 6. The number of hydrogen-bond acceptors (Lipinski definition) is 6. The number of hydrogen-bond donors (Lipinski definition) is 0. The van der Waals surface area contributed by atoms with Gasteiger partial charge in [0.25, 0.3) is 0 Å². The Labute approximate surface area is 157 Å². The number of benzene rings is 1. The third-order valence-electron chi connectivity index (χ3n) is 4.70. The lowest BCUT2D eigenvalue weighted by molar-refractivity contribution is -0.131. The molecular formula is C19H22N6O2. The Morgan fingerprint density at radius 1 is 1.22 bits per heavy atom. The van der Waals surface area contributed by atoms with Crippen LogP contribution in [-0.2, 0) is 11.3 Å². The first-order valence-corrected chi connectivity index (χ1v) is 8.95. The molecule has 1 aliphatic heterocycles. The van der Waals surface area contributed by atoms with Crippen molar-refractivity contribution >= 4 is 22.8 Å². The van der Waals surface area contributed by atoms with Crippen molar-refractivity contribution in [3.8, 4) is 5.88 Å². The van der Waals surface area contributed by atoms with Crippen LogP contribution >= 0.6 is 0 Å². The summed E-state index contributed by atoms with van der Waals surface area (Å²) in [6.07, 6.45) is 2.44. The van der Waals surface area contributed by atoms with Crippen molar-refractivity contribution in [2.75, 3.05) is 32.1 Å². The molecule has 3 heterocycles. The average molecular weight is 366 g/mol. The number of ether oxygens (including phenoxy) is 1. The maximum atomic E-state index is 12.7. The van der Waals surface area contributed by atoms with E-state index in [2.05, 4.69) is 15.2 Å². The molecule has 140 valence electrons. The van der Waals surface area contributed by atoms with Crippen LogP contribution in [0.15, 0.2) is 42.7 Å². The van der Waals surface area contributed by atoms with Crippen LogP contribution in [-0.4, -0.2) is 63.8 Å². The zero-order chi connectivity index (χ0) is 18.8. The molecule has 3 aromatic rings. The first-order valence-electron chi connectivity index (χ1n) is 8.95. The summed E-state index contributed by atoms with van der Waals surface area (Å²) in [5.41, 5.74) is 1.86. The molecule has 4 rings (SSSR count). The van der Waals surface area contributed by atoms with Crippen molar-refractivity contribution in [2.24, 2.45) is 0 Å². The number of rotatable bonds is 5. The SMILES string of the molecule is CN(C)c1ccc(OC2CCN(C(=O)Cn3cnc4ccccc43)C2)nn1. The molecule has 27 heavy (non-hydrogen) atoms. The molecular weight excluding hydrogens is 344 g/mol. The van der Waals surface area contributed by atoms with E-state index in [1.807, 2.05) is 64.9 Å². The standard InChI is InChI=1S/C19H22N6O2/c1-23(2)17-7-8-18(22-21-17)27-14-9-10-24(11-14)19(26)12-25-13-20-15-5-3-4-6-16(15)25/h3-8,13-14H,9-12H2,1-2H3. The van der Waals surface area contributed by atoms with Gasteiger partial charge in [-0.05, 0) is 18.2 Å². The van der Waals surface area contributed by atoms with Gasteiger partial charge in [0.1, 0.15) is 12.6 Å². The van der Waals surface area contributed by atoms with E-state index in [0.29, 0.717) is 19.0 Å². The molecule has 1 atom stereocenters. The zero-order valence-corrected chi connectivity index (χ0v) is 15.4. The maximum absolute atomic E-state index is 12.7. The monoisotopic (exact) mass is 366 g/mol. The molecule has 0 spiro atoms. The molecule has 1 fully saturated rings. The number of carbonyl (C=O) groups excluding carboxylic acids is 1. The minimum atomic E-state index is -0.0620. The molecule has 8 heteroatoms. The van der Waals surface area contributed by atoms with Crippen LogP contribution < -0.4 is 9.64 Å². The summed E-state index contributed by atoms with van der Waals surface area (Å²) in [5, 5.41) is 8.21. The highest BCUT2D eigenvalue weighted by molar-refractivity contribution is 5.80. The first-order chi connectivity index (χ1) is 13.1. The fourth-order valence-electron chi connectivity index (χ4n) is 3.22. The van der Waals surface area contributed by atoms with Crippen LogP contribution in [0.4, 0.5) is 5.82 Å². The van der Waals surface area contributed by atoms with Crippen molar-refractivity contribution in [1.29, 1.82) is 0 Å². The van der Waals surface area contributed by atoms with Crippen molar-refractivity contribution < 1.29 is 9.53 Å². The molecule has 1 amide bonds. The zero-order valence-electron chi connectivity index (χ0n) is 15.4. The number of amides is 1. The lowest BCUT2D eigenvalue weighted by Crippen LogP contribution is -2.33. The minimum Gasteiger partial charge on any atom is -0.471 e. The molecule has 1 saturated heterocycles. The van der Waals surface area contributed by atoms with Crippen LogP contribution in [0.1, 0.15) is 6.42 Å².